The van der Waals surface area contributed by atoms with Crippen molar-refractivity contribution in [2.24, 2.45) is 10.8 Å². The second-order valence-corrected chi connectivity index (χ2v) is 13.1. The first-order valence-electron chi connectivity index (χ1n) is 11.9. The third-order valence-corrected chi connectivity index (χ3v) is 7.90. The Morgan fingerprint density at radius 3 is 2.03 bits per heavy atom. The summed E-state index contributed by atoms with van der Waals surface area (Å²) in [6.07, 6.45) is 7.07. The normalized spacial score (nSPS) is 15.0. The molecule has 0 saturated carbocycles. The Bertz CT molecular complexity index is 702. The van der Waals surface area contributed by atoms with Crippen molar-refractivity contribution in [3.05, 3.63) is 41.5 Å². The molecule has 1 aromatic carbocycles. The highest BCUT2D eigenvalue weighted by Gasteiger charge is 2.35. The topological polar surface area (TPSA) is 0 Å². The van der Waals surface area contributed by atoms with Gasteiger partial charge >= 0.3 is 0 Å². The summed E-state index contributed by atoms with van der Waals surface area (Å²) >= 11 is 4.82. The Morgan fingerprint density at radius 2 is 1.60 bits per heavy atom. The predicted molar refractivity (Wildman–Crippen MR) is 143 cm³/mol. The lowest BCUT2D eigenvalue weighted by atomic mass is 9.56. The average Bonchev–Trinajstić information content (AvgIpc) is 2.57. The second-order valence-electron chi connectivity index (χ2n) is 12.0. The van der Waals surface area contributed by atoms with Crippen LogP contribution in [0.25, 0.3) is 0 Å². The first-order chi connectivity index (χ1) is 13.6. The standard InChI is InChI=1S/C28H48BS/c1-12-16-28(21(2)3,18-13-17-25(5,6)7)24-15-14-23(19-22(24)4)29-20-26(8,9)27(10,11)30/h14-15,19,30H,2,12-13,16-18,20H2,1,3-11H3. The summed E-state index contributed by atoms with van der Waals surface area (Å²) in [6.45, 7) is 27.4. The van der Waals surface area contributed by atoms with Crippen LogP contribution in [0.2, 0.25) is 6.32 Å². The summed E-state index contributed by atoms with van der Waals surface area (Å²) in [7, 11) is 2.39. The van der Waals surface area contributed by atoms with Crippen molar-refractivity contribution >= 4 is 25.4 Å². The maximum Gasteiger partial charge on any atom is 0.152 e. The van der Waals surface area contributed by atoms with Crippen LogP contribution in [0.4, 0.5) is 0 Å². The van der Waals surface area contributed by atoms with Gasteiger partial charge in [0.25, 0.3) is 0 Å². The van der Waals surface area contributed by atoms with Gasteiger partial charge in [-0.05, 0) is 55.1 Å². The highest BCUT2D eigenvalue weighted by Crippen LogP contribution is 2.43. The van der Waals surface area contributed by atoms with E-state index in [-0.39, 0.29) is 15.6 Å². The van der Waals surface area contributed by atoms with Gasteiger partial charge in [-0.15, -0.1) is 0 Å². The van der Waals surface area contributed by atoms with Gasteiger partial charge in [-0.3, -0.25) is 0 Å². The lowest BCUT2D eigenvalue weighted by molar-refractivity contribution is 0.322. The van der Waals surface area contributed by atoms with E-state index < -0.39 is 0 Å². The first kappa shape index (κ1) is 27.4. The Balaban J connectivity index is 3.16. The molecule has 0 N–H and O–H groups in total. The zero-order valence-corrected chi connectivity index (χ0v) is 22.6. The molecular formula is C28H48BS. The largest absolute Gasteiger partial charge is 0.173 e. The van der Waals surface area contributed by atoms with E-state index >= 15 is 0 Å². The second kappa shape index (κ2) is 10.3. The Labute approximate surface area is 195 Å². The Hall–Kier alpha value is -0.625. The molecule has 0 aliphatic rings. The zero-order valence-electron chi connectivity index (χ0n) is 21.7. The molecule has 0 bridgehead atoms. The van der Waals surface area contributed by atoms with Gasteiger partial charge in [0.05, 0.1) is 0 Å². The van der Waals surface area contributed by atoms with Crippen LogP contribution in [0.5, 0.6) is 0 Å². The molecule has 1 unspecified atom stereocenters. The summed E-state index contributed by atoms with van der Waals surface area (Å²) in [4.78, 5) is 0. The minimum absolute atomic E-state index is 0.0121. The van der Waals surface area contributed by atoms with E-state index in [9.17, 15) is 0 Å². The van der Waals surface area contributed by atoms with E-state index in [1.54, 1.807) is 0 Å². The molecule has 0 spiro atoms. The van der Waals surface area contributed by atoms with Crippen LogP contribution in [0.15, 0.2) is 30.4 Å². The molecule has 1 rings (SSSR count). The quantitative estimate of drug-likeness (QED) is 0.205. The Morgan fingerprint density at radius 1 is 1.00 bits per heavy atom. The van der Waals surface area contributed by atoms with Gasteiger partial charge in [-0.25, -0.2) is 0 Å². The molecule has 1 radical (unpaired) electrons. The number of benzene rings is 1. The van der Waals surface area contributed by atoms with Crippen LogP contribution in [0, 0.1) is 17.8 Å². The lowest BCUT2D eigenvalue weighted by Gasteiger charge is -2.39. The summed E-state index contributed by atoms with van der Waals surface area (Å²) in [5.74, 6) is 0. The predicted octanol–water partition coefficient (Wildman–Crippen LogP) is 8.31. The van der Waals surface area contributed by atoms with Crippen molar-refractivity contribution in [2.45, 2.75) is 118 Å². The fourth-order valence-electron chi connectivity index (χ4n) is 4.37. The number of thiol groups is 1. The molecule has 0 heterocycles. The molecule has 1 atom stereocenters. The molecule has 30 heavy (non-hydrogen) atoms. The molecule has 1 aromatic rings. The molecule has 0 saturated heterocycles. The van der Waals surface area contributed by atoms with Crippen molar-refractivity contribution in [2.75, 3.05) is 0 Å². The van der Waals surface area contributed by atoms with Crippen molar-refractivity contribution in [3.8, 4) is 0 Å². The van der Waals surface area contributed by atoms with Crippen LogP contribution in [-0.4, -0.2) is 12.0 Å². The molecule has 0 amide bonds. The van der Waals surface area contributed by atoms with Crippen LogP contribution in [-0.2, 0) is 5.41 Å². The van der Waals surface area contributed by atoms with Gasteiger partial charge in [-0.1, -0.05) is 110 Å². The molecule has 0 aliphatic carbocycles. The maximum absolute atomic E-state index is 4.82. The van der Waals surface area contributed by atoms with Crippen molar-refractivity contribution in [3.63, 3.8) is 0 Å². The zero-order chi connectivity index (χ0) is 23.4. The molecule has 0 aliphatic heterocycles. The monoisotopic (exact) mass is 427 g/mol. The Kier molecular flexibility index (Phi) is 9.44. The highest BCUT2D eigenvalue weighted by molar-refractivity contribution is 7.81. The minimum atomic E-state index is -0.0121. The lowest BCUT2D eigenvalue weighted by Crippen LogP contribution is -2.36. The average molecular weight is 428 g/mol. The van der Waals surface area contributed by atoms with Crippen LogP contribution in [0.3, 0.4) is 0 Å². The van der Waals surface area contributed by atoms with Gasteiger partial charge in [0.1, 0.15) is 0 Å². The van der Waals surface area contributed by atoms with E-state index in [1.165, 1.54) is 54.3 Å². The number of rotatable bonds is 11. The van der Waals surface area contributed by atoms with Crippen LogP contribution < -0.4 is 5.46 Å². The fourth-order valence-corrected chi connectivity index (χ4v) is 4.46. The van der Waals surface area contributed by atoms with Gasteiger partial charge in [0.2, 0.25) is 0 Å². The third kappa shape index (κ3) is 7.21. The molecule has 0 fully saturated rings. The fraction of sp³-hybridized carbons (Fsp3) is 0.714. The van der Waals surface area contributed by atoms with Crippen molar-refractivity contribution in [1.82, 2.24) is 0 Å². The third-order valence-electron chi connectivity index (χ3n) is 7.29. The summed E-state index contributed by atoms with van der Waals surface area (Å²) < 4.78 is -0.0121. The van der Waals surface area contributed by atoms with Crippen LogP contribution >= 0.6 is 12.6 Å². The van der Waals surface area contributed by atoms with E-state index in [0.29, 0.717) is 5.41 Å². The first-order valence-corrected chi connectivity index (χ1v) is 12.3. The number of hydrogen-bond donors (Lipinski definition) is 1. The minimum Gasteiger partial charge on any atom is -0.173 e. The van der Waals surface area contributed by atoms with Crippen molar-refractivity contribution < 1.29 is 0 Å². The van der Waals surface area contributed by atoms with Crippen molar-refractivity contribution in [1.29, 1.82) is 0 Å². The number of aryl methyl sites for hydroxylation is 1. The molecule has 0 nitrogen and oxygen atoms in total. The van der Waals surface area contributed by atoms with Gasteiger partial charge in [0, 0.05) is 10.2 Å². The maximum atomic E-state index is 4.82. The molecule has 169 valence electrons. The highest BCUT2D eigenvalue weighted by atomic mass is 32.1. The summed E-state index contributed by atoms with van der Waals surface area (Å²) in [5.41, 5.74) is 6.14. The van der Waals surface area contributed by atoms with Gasteiger partial charge in [0.15, 0.2) is 7.28 Å². The molecule has 2 heteroatoms. The summed E-state index contributed by atoms with van der Waals surface area (Å²) in [6, 6.07) is 7.09. The molecule has 0 aromatic heterocycles. The molecular weight excluding hydrogens is 379 g/mol. The van der Waals surface area contributed by atoms with Gasteiger partial charge < -0.3 is 0 Å². The van der Waals surface area contributed by atoms with E-state index in [2.05, 4.69) is 101 Å². The number of allylic oxidation sites excluding steroid dienone is 1. The smallest absolute Gasteiger partial charge is 0.152 e. The van der Waals surface area contributed by atoms with E-state index in [1.807, 2.05) is 0 Å². The van der Waals surface area contributed by atoms with Crippen LogP contribution in [0.1, 0.15) is 106 Å². The van der Waals surface area contributed by atoms with Gasteiger partial charge in [-0.2, -0.15) is 12.6 Å². The summed E-state index contributed by atoms with van der Waals surface area (Å²) in [5, 5.41) is 0. The number of hydrogen-bond acceptors (Lipinski definition) is 1. The van der Waals surface area contributed by atoms with E-state index in [0.717, 1.165) is 6.32 Å². The SMILES string of the molecule is C=C(C)C(CCC)(CCCC(C)(C)C)c1ccc([B]CC(C)(C)C(C)(C)S)cc1C. The van der Waals surface area contributed by atoms with E-state index in [4.69, 9.17) is 12.6 Å².